The highest BCUT2D eigenvalue weighted by Crippen LogP contribution is 2.44. The van der Waals surface area contributed by atoms with Gasteiger partial charge < -0.3 is 4.74 Å². The minimum Gasteiger partial charge on any atom is -0.467 e. The molecule has 5 nitrogen and oxygen atoms in total. The summed E-state index contributed by atoms with van der Waals surface area (Å²) >= 11 is 0. The molecule has 1 heterocycles. The van der Waals surface area contributed by atoms with Crippen molar-refractivity contribution in [1.82, 2.24) is 0 Å². The average molecular weight is 422 g/mol. The number of carbonyl (C=O) groups excluding carboxylic acids is 1. The summed E-state index contributed by atoms with van der Waals surface area (Å²) in [5.74, 6) is -0.372. The molecule has 1 saturated carbocycles. The van der Waals surface area contributed by atoms with E-state index in [1.165, 1.54) is 30.6 Å². The van der Waals surface area contributed by atoms with E-state index in [2.05, 4.69) is 24.8 Å². The van der Waals surface area contributed by atoms with Crippen LogP contribution in [0.1, 0.15) is 37.3 Å². The van der Waals surface area contributed by atoms with Crippen LogP contribution in [0.5, 0.6) is 0 Å². The number of aryl methyl sites for hydroxylation is 1. The normalized spacial score (nSPS) is 19.5. The molecular weight excluding hydrogens is 395 g/mol. The van der Waals surface area contributed by atoms with Gasteiger partial charge in [0.05, 0.1) is 13.4 Å². The van der Waals surface area contributed by atoms with Gasteiger partial charge in [-0.25, -0.2) is 4.79 Å². The number of hydrogen-bond donors (Lipinski definition) is 0. The monoisotopic (exact) mass is 422 g/mol. The van der Waals surface area contributed by atoms with Crippen molar-refractivity contribution in [1.29, 1.82) is 0 Å². The summed E-state index contributed by atoms with van der Waals surface area (Å²) in [6.07, 6.45) is 5.18. The topological polar surface area (TPSA) is 69.7 Å². The van der Waals surface area contributed by atoms with Crippen LogP contribution in [0.25, 0.3) is 5.57 Å². The second kappa shape index (κ2) is 8.48. The zero-order chi connectivity index (χ0) is 20.5. The lowest BCUT2D eigenvalue weighted by atomic mass is 9.88. The number of allylic oxidation sites excluding steroid dienone is 2. The molecule has 7 heteroatoms. The molecular formula is C21H27O5PS. The number of rotatable bonds is 7. The van der Waals surface area contributed by atoms with Crippen LogP contribution >= 0.6 is 8.58 Å². The van der Waals surface area contributed by atoms with E-state index >= 15 is 0 Å². The minimum atomic E-state index is -3.85. The van der Waals surface area contributed by atoms with Crippen LogP contribution in [0.2, 0.25) is 0 Å². The van der Waals surface area contributed by atoms with Gasteiger partial charge in [0.15, 0.2) is 6.10 Å². The largest absolute Gasteiger partial charge is 0.467 e. The highest BCUT2D eigenvalue weighted by atomic mass is 32.2. The summed E-state index contributed by atoms with van der Waals surface area (Å²) in [4.78, 5) is 12.3. The van der Waals surface area contributed by atoms with Gasteiger partial charge in [0.25, 0.3) is 10.1 Å². The maximum atomic E-state index is 12.3. The van der Waals surface area contributed by atoms with Crippen molar-refractivity contribution in [2.24, 2.45) is 5.92 Å². The molecule has 0 radical (unpaired) electrons. The summed E-state index contributed by atoms with van der Waals surface area (Å²) in [7, 11) is -1.80. The molecule has 2 aliphatic rings. The second-order valence-corrected chi connectivity index (χ2v) is 10.5. The third-order valence-corrected chi connectivity index (χ3v) is 7.21. The Kier molecular flexibility index (Phi) is 6.43. The lowest BCUT2D eigenvalue weighted by Crippen LogP contribution is -2.30. The van der Waals surface area contributed by atoms with Gasteiger partial charge in [-0.1, -0.05) is 33.4 Å². The Morgan fingerprint density at radius 2 is 2.04 bits per heavy atom. The van der Waals surface area contributed by atoms with Crippen molar-refractivity contribution >= 4 is 35.5 Å². The number of ether oxygens (including phenoxy) is 1. The fraction of sp³-hybridized carbons (Fsp3) is 0.476. The molecule has 1 aliphatic carbocycles. The predicted molar refractivity (Wildman–Crippen MR) is 114 cm³/mol. The Balaban J connectivity index is 2.11. The Hall–Kier alpha value is -1.49. The Morgan fingerprint density at radius 1 is 1.32 bits per heavy atom. The zero-order valence-corrected chi connectivity index (χ0v) is 18.4. The maximum Gasteiger partial charge on any atom is 0.340 e. The predicted octanol–water partition coefficient (Wildman–Crippen LogP) is 3.19. The average Bonchev–Trinajstić information content (AvgIpc) is 3.50. The lowest BCUT2D eigenvalue weighted by molar-refractivity contribution is -0.146. The van der Waals surface area contributed by atoms with E-state index in [4.69, 9.17) is 8.92 Å². The fourth-order valence-corrected chi connectivity index (χ4v) is 5.45. The van der Waals surface area contributed by atoms with Crippen molar-refractivity contribution < 1.29 is 22.1 Å². The number of esters is 1. The third-order valence-electron chi connectivity index (χ3n) is 5.20. The highest BCUT2D eigenvalue weighted by molar-refractivity contribution is 7.86. The maximum absolute atomic E-state index is 12.3. The van der Waals surface area contributed by atoms with Crippen LogP contribution in [0.15, 0.2) is 35.9 Å². The van der Waals surface area contributed by atoms with Crippen LogP contribution in [-0.4, -0.2) is 40.0 Å². The van der Waals surface area contributed by atoms with E-state index in [0.717, 1.165) is 50.8 Å². The van der Waals surface area contributed by atoms with E-state index in [0.29, 0.717) is 11.5 Å². The van der Waals surface area contributed by atoms with E-state index in [-0.39, 0.29) is 0 Å². The van der Waals surface area contributed by atoms with E-state index in [9.17, 15) is 13.2 Å². The molecule has 0 bridgehead atoms. The van der Waals surface area contributed by atoms with Crippen molar-refractivity contribution in [3.05, 3.63) is 47.1 Å². The Morgan fingerprint density at radius 3 is 2.64 bits per heavy atom. The standard InChI is InChI=1S/C21H27O5PS/c1-13(15-7-8-15)19(14(2)20(21(22)25-3)26-28(4,23)24)17-9-10-18-16(12-17)6-5-11-27-18/h9-10,12,15,20,27H,1,5-8,11H2,2-4H3/b19-14-. The number of carbonyl (C=O) groups is 1. The Bertz CT molecular complexity index is 928. The van der Waals surface area contributed by atoms with Crippen LogP contribution < -0.4 is 5.30 Å². The van der Waals surface area contributed by atoms with Crippen LogP contribution in [0, 0.1) is 5.92 Å². The van der Waals surface area contributed by atoms with Gasteiger partial charge in [-0.3, -0.25) is 4.18 Å². The summed E-state index contributed by atoms with van der Waals surface area (Å²) < 4.78 is 33.5. The second-order valence-electron chi connectivity index (χ2n) is 7.46. The molecule has 2 atom stereocenters. The molecule has 1 aromatic rings. The van der Waals surface area contributed by atoms with E-state index < -0.39 is 22.2 Å². The summed E-state index contributed by atoms with van der Waals surface area (Å²) in [5.41, 5.74) is 4.56. The lowest BCUT2D eigenvalue weighted by Gasteiger charge is -2.23. The molecule has 0 spiro atoms. The molecule has 0 aromatic heterocycles. The number of benzene rings is 1. The first kappa shape index (κ1) is 21.2. The molecule has 0 saturated heterocycles. The van der Waals surface area contributed by atoms with Crippen LogP contribution in [0.4, 0.5) is 0 Å². The molecule has 152 valence electrons. The minimum absolute atomic E-state index is 0.361. The van der Waals surface area contributed by atoms with Gasteiger partial charge in [0.2, 0.25) is 0 Å². The Labute approximate surface area is 169 Å². The molecule has 0 amide bonds. The number of fused-ring (bicyclic) bond motifs is 1. The molecule has 0 N–H and O–H groups in total. The molecule has 1 fully saturated rings. The summed E-state index contributed by atoms with van der Waals surface area (Å²) in [6.45, 7) is 6.01. The fourth-order valence-electron chi connectivity index (χ4n) is 3.63. The van der Waals surface area contributed by atoms with Crippen molar-refractivity contribution in [3.8, 4) is 0 Å². The van der Waals surface area contributed by atoms with Crippen LogP contribution in [0.3, 0.4) is 0 Å². The molecule has 2 unspecified atom stereocenters. The smallest absolute Gasteiger partial charge is 0.340 e. The summed E-state index contributed by atoms with van der Waals surface area (Å²) in [5, 5.41) is 1.39. The van der Waals surface area contributed by atoms with Gasteiger partial charge in [-0.2, -0.15) is 8.42 Å². The third kappa shape index (κ3) is 4.91. The van der Waals surface area contributed by atoms with Crippen molar-refractivity contribution in [3.63, 3.8) is 0 Å². The first-order valence-corrected chi connectivity index (χ1v) is 12.5. The number of methoxy groups -OCH3 is 1. The van der Waals surface area contributed by atoms with Gasteiger partial charge in [-0.05, 0) is 77.8 Å². The first-order valence-electron chi connectivity index (χ1n) is 9.44. The summed E-state index contributed by atoms with van der Waals surface area (Å²) in [6, 6.07) is 6.38. The van der Waals surface area contributed by atoms with E-state index in [1.54, 1.807) is 6.92 Å². The molecule has 1 aromatic carbocycles. The zero-order valence-electron chi connectivity index (χ0n) is 16.6. The van der Waals surface area contributed by atoms with E-state index in [1.807, 2.05) is 0 Å². The highest BCUT2D eigenvalue weighted by Gasteiger charge is 2.33. The van der Waals surface area contributed by atoms with Gasteiger partial charge in [-0.15, -0.1) is 0 Å². The van der Waals surface area contributed by atoms with Crippen molar-refractivity contribution in [2.45, 2.75) is 38.7 Å². The van der Waals surface area contributed by atoms with Crippen LogP contribution in [-0.2, 0) is 30.3 Å². The molecule has 3 rings (SSSR count). The SMILES string of the molecule is C=C(/C(=C(\C)C(OS(C)(=O)=O)C(=O)OC)c1ccc2c(c1)CCCP2)C1CC1. The molecule has 1 aliphatic heterocycles. The van der Waals surface area contributed by atoms with Crippen molar-refractivity contribution in [2.75, 3.05) is 19.5 Å². The number of hydrogen-bond acceptors (Lipinski definition) is 5. The van der Waals surface area contributed by atoms with Gasteiger partial charge in [0.1, 0.15) is 0 Å². The quantitative estimate of drug-likeness (QED) is 0.292. The van der Waals surface area contributed by atoms with Gasteiger partial charge >= 0.3 is 5.97 Å². The molecule has 28 heavy (non-hydrogen) atoms. The van der Waals surface area contributed by atoms with Gasteiger partial charge in [0, 0.05) is 0 Å². The first-order chi connectivity index (χ1) is 13.2.